The van der Waals surface area contributed by atoms with Crippen molar-refractivity contribution in [3.8, 4) is 5.75 Å². The number of benzene rings is 1. The third-order valence-corrected chi connectivity index (χ3v) is 4.16. The van der Waals surface area contributed by atoms with Crippen LogP contribution in [-0.2, 0) is 35.2 Å². The van der Waals surface area contributed by atoms with Crippen LogP contribution in [0.5, 0.6) is 5.75 Å². The number of primary amides is 1. The number of nitrogens with one attached hydrogen (secondary N) is 5. The predicted molar refractivity (Wildman–Crippen MR) is 137 cm³/mol. The van der Waals surface area contributed by atoms with Crippen LogP contribution in [0.25, 0.3) is 0 Å². The van der Waals surface area contributed by atoms with E-state index >= 15 is 0 Å². The summed E-state index contributed by atoms with van der Waals surface area (Å²) in [6.07, 6.45) is 1.77. The average Bonchev–Trinajstić information content (AvgIpc) is 2.85. The van der Waals surface area contributed by atoms with Gasteiger partial charge in [-0.25, -0.2) is 0 Å². The molecule has 208 valence electrons. The number of hydrogen-bond acceptors (Lipinski definition) is 10. The first-order valence-corrected chi connectivity index (χ1v) is 11.3. The molecule has 1 aromatic carbocycles. The SMILES string of the molecule is CC(C=O)NC(=O)CN.CNCC(=O)NC(C)C(N)=O.CNCC(=O)N[C@H](C=O)Cc1ccc(O)cc1. The van der Waals surface area contributed by atoms with E-state index in [4.69, 9.17) is 16.6 Å². The van der Waals surface area contributed by atoms with Crippen molar-refractivity contribution in [3.05, 3.63) is 29.8 Å². The Balaban J connectivity index is 0. The molecule has 0 aliphatic rings. The van der Waals surface area contributed by atoms with E-state index in [2.05, 4.69) is 26.6 Å². The lowest BCUT2D eigenvalue weighted by molar-refractivity contribution is -0.126. The molecule has 14 nitrogen and oxygen atoms in total. The average molecular weight is 526 g/mol. The van der Waals surface area contributed by atoms with Crippen molar-refractivity contribution < 1.29 is 33.9 Å². The van der Waals surface area contributed by atoms with Gasteiger partial charge in [0.1, 0.15) is 24.4 Å². The summed E-state index contributed by atoms with van der Waals surface area (Å²) >= 11 is 0. The van der Waals surface area contributed by atoms with Crippen LogP contribution in [0.4, 0.5) is 0 Å². The van der Waals surface area contributed by atoms with E-state index < -0.39 is 24.0 Å². The number of phenols is 1. The Morgan fingerprint density at radius 3 is 1.78 bits per heavy atom. The van der Waals surface area contributed by atoms with Gasteiger partial charge < -0.3 is 52.7 Å². The van der Waals surface area contributed by atoms with Crippen molar-refractivity contribution in [2.75, 3.05) is 33.7 Å². The van der Waals surface area contributed by atoms with Gasteiger partial charge in [0.2, 0.25) is 23.6 Å². The highest BCUT2D eigenvalue weighted by molar-refractivity contribution is 5.87. The molecule has 3 atom stereocenters. The number of nitrogens with two attached hydrogens (primary N) is 2. The summed E-state index contributed by atoms with van der Waals surface area (Å²) in [6, 6.07) is 4.96. The summed E-state index contributed by atoms with van der Waals surface area (Å²) in [5, 5.41) is 21.8. The Morgan fingerprint density at radius 1 is 0.865 bits per heavy atom. The number of amides is 4. The Kier molecular flexibility index (Phi) is 20.4. The zero-order valence-electron chi connectivity index (χ0n) is 21.6. The van der Waals surface area contributed by atoms with Gasteiger partial charge >= 0.3 is 0 Å². The van der Waals surface area contributed by atoms with Crippen molar-refractivity contribution in [3.63, 3.8) is 0 Å². The van der Waals surface area contributed by atoms with Crippen LogP contribution in [0, 0.1) is 0 Å². The summed E-state index contributed by atoms with van der Waals surface area (Å²) in [5.41, 5.74) is 10.7. The molecule has 0 heterocycles. The molecule has 0 aliphatic heterocycles. The van der Waals surface area contributed by atoms with Crippen LogP contribution in [0.1, 0.15) is 19.4 Å². The fraction of sp³-hybridized carbons (Fsp3) is 0.478. The molecule has 2 unspecified atom stereocenters. The molecular weight excluding hydrogens is 486 g/mol. The number of aromatic hydroxyl groups is 1. The lowest BCUT2D eigenvalue weighted by atomic mass is 10.1. The third kappa shape index (κ3) is 20.1. The maximum Gasteiger partial charge on any atom is 0.239 e. The highest BCUT2D eigenvalue weighted by atomic mass is 16.3. The van der Waals surface area contributed by atoms with Gasteiger partial charge in [0, 0.05) is 0 Å². The van der Waals surface area contributed by atoms with Crippen LogP contribution >= 0.6 is 0 Å². The van der Waals surface area contributed by atoms with E-state index in [0.717, 1.165) is 5.56 Å². The first kappa shape index (κ1) is 35.3. The van der Waals surface area contributed by atoms with Gasteiger partial charge in [-0.3, -0.25) is 19.2 Å². The second-order valence-corrected chi connectivity index (χ2v) is 7.63. The number of aldehydes is 2. The van der Waals surface area contributed by atoms with Crippen LogP contribution in [0.2, 0.25) is 0 Å². The quantitative estimate of drug-likeness (QED) is 0.119. The smallest absolute Gasteiger partial charge is 0.239 e. The summed E-state index contributed by atoms with van der Waals surface area (Å²) in [6.45, 7) is 3.42. The van der Waals surface area contributed by atoms with Crippen molar-refractivity contribution in [2.24, 2.45) is 11.5 Å². The lowest BCUT2D eigenvalue weighted by Crippen LogP contribution is -2.45. The minimum atomic E-state index is -0.601. The fourth-order valence-corrected chi connectivity index (χ4v) is 2.31. The van der Waals surface area contributed by atoms with E-state index in [1.807, 2.05) is 0 Å². The number of phenolic OH excluding ortho intramolecular Hbond substituents is 1. The molecule has 37 heavy (non-hydrogen) atoms. The minimum Gasteiger partial charge on any atom is -0.508 e. The molecule has 4 amide bonds. The molecule has 0 bridgehead atoms. The van der Waals surface area contributed by atoms with Crippen LogP contribution < -0.4 is 38.1 Å². The molecule has 14 heteroatoms. The van der Waals surface area contributed by atoms with Gasteiger partial charge in [0.25, 0.3) is 0 Å². The van der Waals surface area contributed by atoms with E-state index in [9.17, 15) is 28.8 Å². The van der Waals surface area contributed by atoms with Gasteiger partial charge in [0.15, 0.2) is 0 Å². The van der Waals surface area contributed by atoms with Crippen LogP contribution in [-0.4, -0.2) is 93.2 Å². The first-order valence-electron chi connectivity index (χ1n) is 11.3. The molecular formula is C23H39N7O7. The van der Waals surface area contributed by atoms with Gasteiger partial charge in [-0.15, -0.1) is 0 Å². The topological polar surface area (TPSA) is 235 Å². The van der Waals surface area contributed by atoms with Crippen LogP contribution in [0.15, 0.2) is 24.3 Å². The van der Waals surface area contributed by atoms with E-state index in [0.29, 0.717) is 19.0 Å². The van der Waals surface area contributed by atoms with Crippen LogP contribution in [0.3, 0.4) is 0 Å². The third-order valence-electron chi connectivity index (χ3n) is 4.16. The number of likely N-dealkylation sites (N-methyl/N-ethyl adjacent to an activating group) is 2. The first-order chi connectivity index (χ1) is 17.4. The maximum absolute atomic E-state index is 11.3. The lowest BCUT2D eigenvalue weighted by Gasteiger charge is -2.12. The Bertz CT molecular complexity index is 850. The monoisotopic (exact) mass is 525 g/mol. The molecule has 0 radical (unpaired) electrons. The van der Waals surface area contributed by atoms with Crippen molar-refractivity contribution in [2.45, 2.75) is 38.4 Å². The highest BCUT2D eigenvalue weighted by Crippen LogP contribution is 2.10. The highest BCUT2D eigenvalue weighted by Gasteiger charge is 2.12. The van der Waals surface area contributed by atoms with E-state index in [1.54, 1.807) is 45.3 Å². The zero-order valence-corrected chi connectivity index (χ0v) is 21.6. The number of carbonyl (C=O) groups excluding carboxylic acids is 6. The van der Waals surface area contributed by atoms with E-state index in [-0.39, 0.29) is 43.1 Å². The maximum atomic E-state index is 11.3. The molecule has 0 aromatic heterocycles. The number of carbonyl (C=O) groups is 6. The number of rotatable bonds is 13. The van der Waals surface area contributed by atoms with Crippen molar-refractivity contribution >= 4 is 36.2 Å². The van der Waals surface area contributed by atoms with Crippen molar-refractivity contribution in [1.82, 2.24) is 26.6 Å². The number of hydrogen-bond donors (Lipinski definition) is 8. The fourth-order valence-electron chi connectivity index (χ4n) is 2.31. The molecule has 1 rings (SSSR count). The summed E-state index contributed by atoms with van der Waals surface area (Å²) < 4.78 is 0. The van der Waals surface area contributed by atoms with Crippen molar-refractivity contribution in [1.29, 1.82) is 0 Å². The normalized spacial score (nSPS) is 12.0. The predicted octanol–water partition coefficient (Wildman–Crippen LogP) is -3.32. The standard InChI is InChI=1S/C12H16N2O3.C6H13N3O2.C5H10N2O2/c1-13-7-12(17)14-10(8-15)6-9-2-4-11(16)5-3-9;1-4(6(7)11)9-5(10)3-8-2;1-4(3-8)7-5(9)2-6/h2-5,8,10,13,16H,6-7H2,1H3,(H,14,17);4,8H,3H2,1-2H3,(H2,7,11)(H,9,10);3-4H,2,6H2,1H3,(H,7,9)/t10-;;/m0../s1. The van der Waals surface area contributed by atoms with E-state index in [1.165, 1.54) is 6.92 Å². The molecule has 0 aliphatic carbocycles. The molecule has 1 aromatic rings. The molecule has 10 N–H and O–H groups in total. The molecule has 0 fully saturated rings. The molecule has 0 saturated heterocycles. The summed E-state index contributed by atoms with van der Waals surface area (Å²) in [4.78, 5) is 63.6. The van der Waals surface area contributed by atoms with Gasteiger partial charge in [-0.1, -0.05) is 12.1 Å². The van der Waals surface area contributed by atoms with Gasteiger partial charge in [0.05, 0.1) is 31.7 Å². The molecule has 0 saturated carbocycles. The largest absolute Gasteiger partial charge is 0.508 e. The summed E-state index contributed by atoms with van der Waals surface area (Å²) in [5.74, 6) is -1.12. The Hall–Kier alpha value is -3.88. The minimum absolute atomic E-state index is 0.0713. The Morgan fingerprint density at radius 2 is 1.38 bits per heavy atom. The zero-order chi connectivity index (χ0) is 28.8. The Labute approximate surface area is 216 Å². The van der Waals surface area contributed by atoms with Gasteiger partial charge in [-0.05, 0) is 52.1 Å². The summed E-state index contributed by atoms with van der Waals surface area (Å²) in [7, 11) is 3.31. The van der Waals surface area contributed by atoms with Gasteiger partial charge in [-0.2, -0.15) is 0 Å². The molecule has 0 spiro atoms. The second-order valence-electron chi connectivity index (χ2n) is 7.63. The second kappa shape index (κ2) is 21.4.